The van der Waals surface area contributed by atoms with E-state index in [1.165, 1.54) is 11.3 Å². The average Bonchev–Trinajstić information content (AvgIpc) is 2.62. The predicted molar refractivity (Wildman–Crippen MR) is 77.2 cm³/mol. The van der Waals surface area contributed by atoms with Gasteiger partial charge in [-0.25, -0.2) is 0 Å². The fraction of sp³-hybridized carbons (Fsp3) is 0.545. The van der Waals surface area contributed by atoms with Crippen LogP contribution in [-0.2, 0) is 0 Å². The number of thiophene rings is 1. The maximum atomic E-state index is 11.6. The van der Waals surface area contributed by atoms with Gasteiger partial charge in [0.15, 0.2) is 0 Å². The highest BCUT2D eigenvalue weighted by Gasteiger charge is 2.19. The van der Waals surface area contributed by atoms with Crippen LogP contribution in [0.5, 0.6) is 0 Å². The Balaban J connectivity index is 3.00. The van der Waals surface area contributed by atoms with E-state index in [2.05, 4.69) is 24.5 Å². The first-order valence-electron chi connectivity index (χ1n) is 5.43. The van der Waals surface area contributed by atoms with Crippen LogP contribution in [0.2, 0.25) is 0 Å². The summed E-state index contributed by atoms with van der Waals surface area (Å²) in [5.74, 6) is 0.428. The van der Waals surface area contributed by atoms with E-state index < -0.39 is 0 Å². The Bertz CT molecular complexity index is 402. The summed E-state index contributed by atoms with van der Waals surface area (Å²) < 4.78 is 0. The van der Waals surface area contributed by atoms with Gasteiger partial charge in [-0.15, -0.1) is 23.1 Å². The molecule has 1 amide bonds. The molecule has 17 heavy (non-hydrogen) atoms. The van der Waals surface area contributed by atoms with Crippen molar-refractivity contribution >= 4 is 39.7 Å². The van der Waals surface area contributed by atoms with Gasteiger partial charge in [0.25, 0.3) is 5.91 Å². The van der Waals surface area contributed by atoms with Crippen LogP contribution in [0.15, 0.2) is 4.90 Å². The maximum Gasteiger partial charge on any atom is 0.263 e. The topological polar surface area (TPSA) is 67.2 Å². The van der Waals surface area contributed by atoms with Crippen LogP contribution < -0.4 is 16.4 Å². The molecule has 0 bridgehead atoms. The van der Waals surface area contributed by atoms with E-state index in [1.54, 1.807) is 18.8 Å². The van der Waals surface area contributed by atoms with Crippen LogP contribution in [0.3, 0.4) is 0 Å². The number of carbonyl (C=O) groups is 1. The highest BCUT2D eigenvalue weighted by molar-refractivity contribution is 7.99. The van der Waals surface area contributed by atoms with Gasteiger partial charge in [-0.05, 0) is 12.2 Å². The Morgan fingerprint density at radius 2 is 2.18 bits per heavy atom. The van der Waals surface area contributed by atoms with Gasteiger partial charge in [0, 0.05) is 13.6 Å². The van der Waals surface area contributed by atoms with Crippen LogP contribution in [-0.4, -0.2) is 25.8 Å². The minimum atomic E-state index is -0.125. The molecule has 0 aliphatic carbocycles. The summed E-state index contributed by atoms with van der Waals surface area (Å²) in [7, 11) is 1.61. The van der Waals surface area contributed by atoms with Crippen LogP contribution in [0.1, 0.15) is 23.5 Å². The predicted octanol–water partition coefficient (Wildman–Crippen LogP) is 2.48. The summed E-state index contributed by atoms with van der Waals surface area (Å²) in [4.78, 5) is 13.2. The highest BCUT2D eigenvalue weighted by atomic mass is 32.2. The first kappa shape index (κ1) is 14.2. The van der Waals surface area contributed by atoms with Gasteiger partial charge in [0.05, 0.1) is 10.6 Å². The van der Waals surface area contributed by atoms with E-state index >= 15 is 0 Å². The molecule has 6 heteroatoms. The van der Waals surface area contributed by atoms with Crippen molar-refractivity contribution in [3.8, 4) is 0 Å². The largest absolute Gasteiger partial charge is 0.396 e. The quantitative estimate of drug-likeness (QED) is 0.721. The lowest BCUT2D eigenvalue weighted by atomic mass is 10.2. The number of hydrogen-bond donors (Lipinski definition) is 3. The minimum absolute atomic E-state index is 0.125. The summed E-state index contributed by atoms with van der Waals surface area (Å²) in [5, 5.41) is 6.94. The molecule has 0 atom stereocenters. The Morgan fingerprint density at radius 3 is 2.65 bits per heavy atom. The number of nitrogen functional groups attached to an aromatic ring is 1. The van der Waals surface area contributed by atoms with Gasteiger partial charge in [-0.2, -0.15) is 0 Å². The Kier molecular flexibility index (Phi) is 5.14. The van der Waals surface area contributed by atoms with Gasteiger partial charge >= 0.3 is 0 Å². The van der Waals surface area contributed by atoms with Gasteiger partial charge in [0.2, 0.25) is 0 Å². The van der Waals surface area contributed by atoms with Crippen molar-refractivity contribution in [2.45, 2.75) is 18.7 Å². The minimum Gasteiger partial charge on any atom is -0.396 e. The summed E-state index contributed by atoms with van der Waals surface area (Å²) in [6.07, 6.45) is 1.96. The van der Waals surface area contributed by atoms with Gasteiger partial charge in [0.1, 0.15) is 9.88 Å². The van der Waals surface area contributed by atoms with Crippen molar-refractivity contribution in [2.75, 3.05) is 30.9 Å². The van der Waals surface area contributed by atoms with Crippen molar-refractivity contribution in [1.82, 2.24) is 5.32 Å². The zero-order valence-corrected chi connectivity index (χ0v) is 12.2. The molecule has 1 rings (SSSR count). The highest BCUT2D eigenvalue weighted by Crippen LogP contribution is 2.41. The first-order valence-corrected chi connectivity index (χ1v) is 7.47. The van der Waals surface area contributed by atoms with Gasteiger partial charge in [-0.3, -0.25) is 4.79 Å². The van der Waals surface area contributed by atoms with Crippen molar-refractivity contribution < 1.29 is 4.79 Å². The Labute approximate surface area is 110 Å². The molecule has 1 aromatic rings. The second kappa shape index (κ2) is 6.16. The van der Waals surface area contributed by atoms with E-state index in [9.17, 15) is 4.79 Å². The molecule has 0 fully saturated rings. The Morgan fingerprint density at radius 1 is 1.53 bits per heavy atom. The summed E-state index contributed by atoms with van der Waals surface area (Å²) in [6.45, 7) is 5.16. The number of anilines is 2. The fourth-order valence-corrected chi connectivity index (χ4v) is 3.32. The van der Waals surface area contributed by atoms with Crippen LogP contribution in [0.25, 0.3) is 0 Å². The fourth-order valence-electron chi connectivity index (χ4n) is 1.33. The third-order valence-electron chi connectivity index (χ3n) is 2.21. The van der Waals surface area contributed by atoms with E-state index in [4.69, 9.17) is 5.73 Å². The lowest BCUT2D eigenvalue weighted by molar-refractivity contribution is 0.0968. The lowest BCUT2D eigenvalue weighted by Crippen LogP contribution is -2.17. The maximum absolute atomic E-state index is 11.6. The van der Waals surface area contributed by atoms with Crippen molar-refractivity contribution in [2.24, 2.45) is 5.92 Å². The number of rotatable bonds is 5. The van der Waals surface area contributed by atoms with Crippen molar-refractivity contribution in [1.29, 1.82) is 0 Å². The number of nitrogens with one attached hydrogen (secondary N) is 2. The molecule has 0 aromatic carbocycles. The molecule has 0 aliphatic rings. The zero-order valence-electron chi connectivity index (χ0n) is 10.6. The SMILES string of the molecule is CNC(=O)c1sc(NCC(C)C)c(SC)c1N. The second-order valence-corrected chi connectivity index (χ2v) is 5.90. The lowest BCUT2D eigenvalue weighted by Gasteiger charge is -2.08. The van der Waals surface area contributed by atoms with Crippen LogP contribution in [0.4, 0.5) is 10.7 Å². The van der Waals surface area contributed by atoms with E-state index in [0.29, 0.717) is 16.5 Å². The molecule has 1 aromatic heterocycles. The molecule has 4 nitrogen and oxygen atoms in total. The van der Waals surface area contributed by atoms with Gasteiger partial charge < -0.3 is 16.4 Å². The smallest absolute Gasteiger partial charge is 0.263 e. The number of hydrogen-bond acceptors (Lipinski definition) is 5. The van der Waals surface area contributed by atoms with Crippen molar-refractivity contribution in [3.05, 3.63) is 4.88 Å². The molecular formula is C11H19N3OS2. The molecule has 0 unspecified atom stereocenters. The molecule has 0 saturated heterocycles. The molecule has 96 valence electrons. The van der Waals surface area contributed by atoms with E-state index in [0.717, 1.165) is 16.4 Å². The number of nitrogens with two attached hydrogens (primary N) is 1. The standard InChI is InChI=1S/C11H19N3OS2/c1-6(2)5-14-11-9(16-4)7(12)8(17-11)10(15)13-3/h6,14H,5,12H2,1-4H3,(H,13,15). The molecule has 0 radical (unpaired) electrons. The second-order valence-electron chi connectivity index (χ2n) is 4.06. The molecule has 0 aliphatic heterocycles. The first-order chi connectivity index (χ1) is 8.01. The summed E-state index contributed by atoms with van der Waals surface area (Å²) in [5.41, 5.74) is 6.56. The van der Waals surface area contributed by atoms with Gasteiger partial charge in [-0.1, -0.05) is 13.8 Å². The zero-order chi connectivity index (χ0) is 13.0. The number of thioether (sulfide) groups is 1. The van der Waals surface area contributed by atoms with E-state index in [1.807, 2.05) is 6.26 Å². The summed E-state index contributed by atoms with van der Waals surface area (Å²) in [6, 6.07) is 0. The normalized spacial score (nSPS) is 10.6. The molecule has 0 saturated carbocycles. The Hall–Kier alpha value is -0.880. The van der Waals surface area contributed by atoms with Crippen LogP contribution in [0, 0.1) is 5.92 Å². The monoisotopic (exact) mass is 273 g/mol. The molecular weight excluding hydrogens is 254 g/mol. The third-order valence-corrected chi connectivity index (χ3v) is 4.33. The third kappa shape index (κ3) is 3.29. The summed E-state index contributed by atoms with van der Waals surface area (Å²) >= 11 is 2.98. The van der Waals surface area contributed by atoms with Crippen molar-refractivity contribution in [3.63, 3.8) is 0 Å². The number of amides is 1. The molecule has 1 heterocycles. The molecule has 0 spiro atoms. The van der Waals surface area contributed by atoms with Crippen LogP contribution >= 0.6 is 23.1 Å². The average molecular weight is 273 g/mol. The van der Waals surface area contributed by atoms with E-state index in [-0.39, 0.29) is 5.91 Å². The molecule has 4 N–H and O–H groups in total. The number of carbonyl (C=O) groups excluding carboxylic acids is 1.